The van der Waals surface area contributed by atoms with Crippen LogP contribution in [0.1, 0.15) is 60.3 Å². The van der Waals surface area contributed by atoms with Crippen LogP contribution in [0.3, 0.4) is 0 Å². The third-order valence-corrected chi connectivity index (χ3v) is 5.74. The lowest BCUT2D eigenvalue weighted by Gasteiger charge is -2.28. The molecule has 4 atom stereocenters. The van der Waals surface area contributed by atoms with Crippen LogP contribution in [0.5, 0.6) is 0 Å². The summed E-state index contributed by atoms with van der Waals surface area (Å²) >= 11 is 0. The second kappa shape index (κ2) is 11.8. The maximum Gasteiger partial charge on any atom is 0.243 e. The highest BCUT2D eigenvalue weighted by atomic mass is 32.2. The molecule has 0 aromatic rings. The van der Waals surface area contributed by atoms with E-state index in [0.29, 0.717) is 44.7 Å². The van der Waals surface area contributed by atoms with Crippen molar-refractivity contribution in [3.63, 3.8) is 0 Å². The molecular weight excluding hydrogens is 446 g/mol. The molecule has 0 spiro atoms. The lowest BCUT2D eigenvalue weighted by molar-refractivity contribution is -0.140. The summed E-state index contributed by atoms with van der Waals surface area (Å²) in [5.74, 6) is 0.0418. The molecular formula is C22H39N5O5S. The number of nitrogens with two attached hydrogens (primary N) is 1. The molecule has 0 radical (unpaired) electrons. The van der Waals surface area contributed by atoms with Gasteiger partial charge in [0, 0.05) is 25.4 Å². The first kappa shape index (κ1) is 28.8. The van der Waals surface area contributed by atoms with Crippen molar-refractivity contribution in [3.05, 3.63) is 0 Å². The first-order valence-electron chi connectivity index (χ1n) is 11.3. The van der Waals surface area contributed by atoms with Gasteiger partial charge in [0.05, 0.1) is 12.3 Å². The first-order valence-corrected chi connectivity index (χ1v) is 13.2. The minimum Gasteiger partial charge on any atom is -0.356 e. The number of primary sulfonamides is 1. The second-order valence-electron chi connectivity index (χ2n) is 10.6. The van der Waals surface area contributed by atoms with Crippen LogP contribution in [0, 0.1) is 34.5 Å². The zero-order valence-corrected chi connectivity index (χ0v) is 21.4. The Morgan fingerprint density at radius 3 is 2.33 bits per heavy atom. The van der Waals surface area contributed by atoms with Gasteiger partial charge in [-0.15, -0.1) is 0 Å². The highest BCUT2D eigenvalue weighted by Crippen LogP contribution is 2.32. The predicted molar refractivity (Wildman–Crippen MR) is 125 cm³/mol. The minimum atomic E-state index is -3.17. The van der Waals surface area contributed by atoms with E-state index in [-0.39, 0.29) is 35.0 Å². The molecule has 188 valence electrons. The van der Waals surface area contributed by atoms with Crippen LogP contribution in [0.2, 0.25) is 0 Å². The number of nitriles is 1. The maximum absolute atomic E-state index is 13.0. The Hall–Kier alpha value is -2.19. The molecule has 2 heterocycles. The van der Waals surface area contributed by atoms with Gasteiger partial charge < -0.3 is 15.5 Å². The van der Waals surface area contributed by atoms with Crippen molar-refractivity contribution < 1.29 is 22.8 Å². The van der Waals surface area contributed by atoms with Crippen molar-refractivity contribution in [2.75, 3.05) is 19.3 Å². The molecule has 11 heteroatoms. The summed E-state index contributed by atoms with van der Waals surface area (Å²) in [7, 11) is -3.17. The molecule has 0 aromatic heterocycles. The second-order valence-corrected chi connectivity index (χ2v) is 12.2. The third kappa shape index (κ3) is 10.5. The summed E-state index contributed by atoms with van der Waals surface area (Å²) in [5, 5.41) is 19.3. The van der Waals surface area contributed by atoms with Gasteiger partial charge >= 0.3 is 0 Å². The molecule has 3 amide bonds. The molecule has 0 aromatic carbocycles. The van der Waals surface area contributed by atoms with Gasteiger partial charge in [-0.1, -0.05) is 34.6 Å². The quantitative estimate of drug-likeness (QED) is 0.502. The summed E-state index contributed by atoms with van der Waals surface area (Å²) in [5.41, 5.74) is -0.154. The van der Waals surface area contributed by atoms with Crippen molar-refractivity contribution in [1.82, 2.24) is 15.5 Å². The molecule has 0 bridgehead atoms. The molecule has 2 fully saturated rings. The number of hydrogen-bond acceptors (Lipinski definition) is 6. The smallest absolute Gasteiger partial charge is 0.243 e. The van der Waals surface area contributed by atoms with Gasteiger partial charge in [-0.05, 0) is 36.5 Å². The van der Waals surface area contributed by atoms with Gasteiger partial charge in [0.15, 0.2) is 0 Å². The van der Waals surface area contributed by atoms with Gasteiger partial charge in [0.1, 0.15) is 12.1 Å². The summed E-state index contributed by atoms with van der Waals surface area (Å²) < 4.78 is 18.8. The van der Waals surface area contributed by atoms with Crippen LogP contribution >= 0.6 is 0 Å². The summed E-state index contributed by atoms with van der Waals surface area (Å²) in [6, 6.07) is 0.836. The van der Waals surface area contributed by atoms with Crippen LogP contribution in [0.25, 0.3) is 0 Å². The van der Waals surface area contributed by atoms with Crippen molar-refractivity contribution in [1.29, 1.82) is 5.26 Å². The fourth-order valence-electron chi connectivity index (χ4n) is 4.00. The molecule has 2 aliphatic rings. The van der Waals surface area contributed by atoms with Gasteiger partial charge in [-0.3, -0.25) is 14.4 Å². The van der Waals surface area contributed by atoms with Crippen molar-refractivity contribution >= 4 is 27.7 Å². The predicted octanol–water partition coefficient (Wildman–Crippen LogP) is 0.735. The zero-order valence-electron chi connectivity index (χ0n) is 20.6. The number of amides is 3. The number of likely N-dealkylation sites (tertiary alicyclic amines) is 1. The standard InChI is InChI=1S/C21H34N4O3.CH5NO2S/c1-13(2)15-9-17(25(12-15)18(26)10-21(3,4)5)20(28)24-16(11-22)8-14-6-7-23-19(14)27;1-5(2,3)4/h13-17H,6-10,12H2,1-5H3,(H,23,27)(H,24,28);1H3,(H2,2,3,4)/t14-,15+,16-,17-;/m0./s1. The van der Waals surface area contributed by atoms with Crippen molar-refractivity contribution in [2.45, 2.75) is 72.4 Å². The fraction of sp³-hybridized carbons (Fsp3) is 0.818. The van der Waals surface area contributed by atoms with Gasteiger partial charge in [-0.25, -0.2) is 13.6 Å². The summed E-state index contributed by atoms with van der Waals surface area (Å²) in [6.45, 7) is 11.4. The largest absolute Gasteiger partial charge is 0.356 e. The normalized spacial score (nSPS) is 23.9. The maximum atomic E-state index is 13.0. The Balaban J connectivity index is 0.000000981. The first-order chi connectivity index (χ1) is 15.0. The van der Waals surface area contributed by atoms with Crippen LogP contribution < -0.4 is 15.8 Å². The molecule has 33 heavy (non-hydrogen) atoms. The molecule has 2 rings (SSSR count). The van der Waals surface area contributed by atoms with Crippen LogP contribution in [0.15, 0.2) is 0 Å². The van der Waals surface area contributed by atoms with E-state index in [9.17, 15) is 28.1 Å². The van der Waals surface area contributed by atoms with E-state index >= 15 is 0 Å². The number of rotatable bonds is 6. The number of carbonyl (C=O) groups is 3. The number of carbonyl (C=O) groups excluding carboxylic acids is 3. The lowest BCUT2D eigenvalue weighted by Crippen LogP contribution is -2.49. The van der Waals surface area contributed by atoms with E-state index in [1.807, 2.05) is 20.8 Å². The highest BCUT2D eigenvalue weighted by molar-refractivity contribution is 7.88. The molecule has 0 aliphatic carbocycles. The zero-order chi connectivity index (χ0) is 25.6. The van der Waals surface area contributed by atoms with E-state index in [0.717, 1.165) is 6.26 Å². The van der Waals surface area contributed by atoms with Gasteiger partial charge in [0.25, 0.3) is 0 Å². The number of hydrogen-bond donors (Lipinski definition) is 3. The number of sulfonamides is 1. The van der Waals surface area contributed by atoms with Crippen LogP contribution in [0.4, 0.5) is 0 Å². The highest BCUT2D eigenvalue weighted by Gasteiger charge is 2.42. The van der Waals surface area contributed by atoms with E-state index in [2.05, 4.69) is 35.7 Å². The minimum absolute atomic E-state index is 0.0144. The molecule has 0 saturated carbocycles. The Morgan fingerprint density at radius 2 is 1.91 bits per heavy atom. The summed E-state index contributed by atoms with van der Waals surface area (Å²) in [6.07, 6.45) is 2.92. The lowest BCUT2D eigenvalue weighted by atomic mass is 9.91. The van der Waals surface area contributed by atoms with E-state index < -0.39 is 22.1 Å². The average molecular weight is 486 g/mol. The number of nitrogens with zero attached hydrogens (tertiary/aromatic N) is 2. The number of nitrogens with one attached hydrogen (secondary N) is 2. The Kier molecular flexibility index (Phi) is 10.3. The molecule has 4 N–H and O–H groups in total. The Labute approximate surface area is 197 Å². The van der Waals surface area contributed by atoms with E-state index in [4.69, 9.17) is 0 Å². The monoisotopic (exact) mass is 485 g/mol. The van der Waals surface area contributed by atoms with Crippen molar-refractivity contribution in [2.24, 2.45) is 28.3 Å². The molecule has 2 aliphatic heterocycles. The van der Waals surface area contributed by atoms with Crippen LogP contribution in [-0.4, -0.2) is 62.5 Å². The van der Waals surface area contributed by atoms with Gasteiger partial charge in [-0.2, -0.15) is 5.26 Å². The Bertz CT molecular complexity index is 851. The van der Waals surface area contributed by atoms with Gasteiger partial charge in [0.2, 0.25) is 27.7 Å². The fourth-order valence-corrected chi connectivity index (χ4v) is 4.00. The SMILES string of the molecule is CC(C)[C@@H]1C[C@@H](C(=O)N[C@H](C#N)C[C@@H]2CCNC2=O)N(C(=O)CC(C)(C)C)C1.CS(N)(=O)=O. The summed E-state index contributed by atoms with van der Waals surface area (Å²) in [4.78, 5) is 39.3. The van der Waals surface area contributed by atoms with E-state index in [1.54, 1.807) is 4.90 Å². The topological polar surface area (TPSA) is 162 Å². The van der Waals surface area contributed by atoms with Crippen LogP contribution in [-0.2, 0) is 24.4 Å². The average Bonchev–Trinajstić information content (AvgIpc) is 3.25. The molecule has 10 nitrogen and oxygen atoms in total. The molecule has 0 unspecified atom stereocenters. The van der Waals surface area contributed by atoms with Crippen molar-refractivity contribution in [3.8, 4) is 6.07 Å². The van der Waals surface area contributed by atoms with E-state index in [1.165, 1.54) is 0 Å². The third-order valence-electron chi connectivity index (χ3n) is 5.74. The molecule has 2 saturated heterocycles. The Morgan fingerprint density at radius 1 is 1.33 bits per heavy atom.